The van der Waals surface area contributed by atoms with E-state index >= 15 is 0 Å². The average molecular weight is 341 g/mol. The molecule has 0 nitrogen and oxygen atoms in total. The van der Waals surface area contributed by atoms with Crippen molar-refractivity contribution in [2.45, 2.75) is 32.6 Å². The average Bonchev–Trinajstić information content (AvgIpc) is 2.62. The van der Waals surface area contributed by atoms with Crippen LogP contribution in [0, 0.1) is 5.41 Å². The van der Waals surface area contributed by atoms with E-state index in [0.29, 0.717) is 6.42 Å². The molecule has 24 heavy (non-hydrogen) atoms. The number of hydrogen-bond acceptors (Lipinski definition) is 0. The Morgan fingerprint density at radius 1 is 1.04 bits per heavy atom. The van der Waals surface area contributed by atoms with Gasteiger partial charge in [-0.15, -0.1) is 0 Å². The van der Waals surface area contributed by atoms with E-state index < -0.39 is 0 Å². The molecule has 0 aromatic heterocycles. The summed E-state index contributed by atoms with van der Waals surface area (Å²) in [6.45, 7) is 2.15. The molecule has 1 aliphatic carbocycles. The van der Waals surface area contributed by atoms with Crippen LogP contribution in [0.2, 0.25) is 5.02 Å². The number of rotatable bonds is 5. The van der Waals surface area contributed by atoms with Crippen molar-refractivity contribution >= 4 is 17.2 Å². The normalized spacial score (nSPS) is 20.5. The Balaban J connectivity index is 1.74. The van der Waals surface area contributed by atoms with Gasteiger partial charge in [0.1, 0.15) is 5.83 Å². The van der Waals surface area contributed by atoms with Crippen molar-refractivity contribution in [3.8, 4) is 0 Å². The van der Waals surface area contributed by atoms with Crippen LogP contribution in [0.3, 0.4) is 0 Å². The maximum absolute atomic E-state index is 14.8. The molecule has 0 fully saturated rings. The lowest BCUT2D eigenvalue weighted by atomic mass is 9.73. The van der Waals surface area contributed by atoms with Gasteiger partial charge in [0, 0.05) is 17.0 Å². The van der Waals surface area contributed by atoms with Crippen molar-refractivity contribution in [3.05, 3.63) is 88.7 Å². The summed E-state index contributed by atoms with van der Waals surface area (Å²) in [5.74, 6) is 0.00153. The van der Waals surface area contributed by atoms with E-state index in [1.165, 1.54) is 5.56 Å². The molecule has 0 amide bonds. The summed E-state index contributed by atoms with van der Waals surface area (Å²) in [6, 6.07) is 17.7. The van der Waals surface area contributed by atoms with Gasteiger partial charge in [-0.3, -0.25) is 0 Å². The summed E-state index contributed by atoms with van der Waals surface area (Å²) in [5.41, 5.74) is 2.83. The zero-order chi connectivity index (χ0) is 17.0. The first kappa shape index (κ1) is 17.0. The quantitative estimate of drug-likeness (QED) is 0.549. The Morgan fingerprint density at radius 2 is 1.75 bits per heavy atom. The fourth-order valence-corrected chi connectivity index (χ4v) is 3.45. The molecule has 0 spiro atoms. The van der Waals surface area contributed by atoms with Crippen LogP contribution >= 0.6 is 11.6 Å². The van der Waals surface area contributed by atoms with Crippen LogP contribution in [-0.2, 0) is 6.42 Å². The van der Waals surface area contributed by atoms with E-state index in [2.05, 4.69) is 25.1 Å². The van der Waals surface area contributed by atoms with Crippen molar-refractivity contribution < 1.29 is 4.39 Å². The zero-order valence-electron chi connectivity index (χ0n) is 13.9. The van der Waals surface area contributed by atoms with Crippen LogP contribution in [0.5, 0.6) is 0 Å². The van der Waals surface area contributed by atoms with Gasteiger partial charge in [0.05, 0.1) is 0 Å². The number of halogens is 2. The molecule has 124 valence electrons. The minimum Gasteiger partial charge on any atom is -0.211 e. The van der Waals surface area contributed by atoms with Gasteiger partial charge in [-0.2, -0.15) is 0 Å². The second-order valence-electron chi connectivity index (χ2n) is 6.54. The summed E-state index contributed by atoms with van der Waals surface area (Å²) < 4.78 is 14.8. The highest BCUT2D eigenvalue weighted by atomic mass is 35.5. The Hall–Kier alpha value is -1.86. The maximum Gasteiger partial charge on any atom is 0.109 e. The SMILES string of the molecule is CCC1(CCc2ccc(Cl)cc2)C=CC(c2ccccc2)=C(F)C1. The molecule has 0 radical (unpaired) electrons. The van der Waals surface area contributed by atoms with Crippen LogP contribution in [0.4, 0.5) is 4.39 Å². The van der Waals surface area contributed by atoms with E-state index in [9.17, 15) is 4.39 Å². The highest BCUT2D eigenvalue weighted by Gasteiger charge is 2.30. The molecule has 2 heteroatoms. The van der Waals surface area contributed by atoms with Gasteiger partial charge in [0.15, 0.2) is 0 Å². The fraction of sp³-hybridized carbons (Fsp3) is 0.273. The Labute approximate surface area is 148 Å². The van der Waals surface area contributed by atoms with Crippen LogP contribution in [-0.4, -0.2) is 0 Å². The number of allylic oxidation sites excluding steroid dienone is 4. The van der Waals surface area contributed by atoms with E-state index in [-0.39, 0.29) is 11.2 Å². The Bertz CT molecular complexity index is 743. The molecule has 1 atom stereocenters. The Kier molecular flexibility index (Phi) is 5.20. The summed E-state index contributed by atoms with van der Waals surface area (Å²) in [4.78, 5) is 0. The number of aryl methyl sites for hydroxylation is 1. The minimum atomic E-state index is -0.0952. The van der Waals surface area contributed by atoms with Gasteiger partial charge >= 0.3 is 0 Å². The highest BCUT2D eigenvalue weighted by molar-refractivity contribution is 6.30. The van der Waals surface area contributed by atoms with Gasteiger partial charge in [-0.05, 0) is 47.9 Å². The third-order valence-electron chi connectivity index (χ3n) is 5.02. The summed E-state index contributed by atoms with van der Waals surface area (Å²) in [7, 11) is 0. The molecule has 2 aromatic rings. The highest BCUT2D eigenvalue weighted by Crippen LogP contribution is 2.43. The molecule has 1 unspecified atom stereocenters. The summed E-state index contributed by atoms with van der Waals surface area (Å²) in [5, 5.41) is 0.753. The molecule has 0 heterocycles. The first-order valence-corrected chi connectivity index (χ1v) is 8.87. The van der Waals surface area contributed by atoms with Crippen molar-refractivity contribution in [1.82, 2.24) is 0 Å². The first-order chi connectivity index (χ1) is 11.6. The summed E-state index contributed by atoms with van der Waals surface area (Å²) in [6.07, 6.45) is 7.48. The molecular formula is C22H22ClF. The van der Waals surface area contributed by atoms with Crippen molar-refractivity contribution in [3.63, 3.8) is 0 Å². The second-order valence-corrected chi connectivity index (χ2v) is 6.97. The standard InChI is InChI=1S/C22H22ClF/c1-2-22(14-12-17-8-10-19(23)11-9-17)15-13-20(21(24)16-22)18-6-4-3-5-7-18/h3-11,13,15H,2,12,14,16H2,1H3. The largest absolute Gasteiger partial charge is 0.211 e. The van der Waals surface area contributed by atoms with Gasteiger partial charge in [0.25, 0.3) is 0 Å². The van der Waals surface area contributed by atoms with Crippen LogP contribution < -0.4 is 0 Å². The topological polar surface area (TPSA) is 0 Å². The van der Waals surface area contributed by atoms with E-state index in [1.54, 1.807) is 0 Å². The third kappa shape index (κ3) is 3.79. The van der Waals surface area contributed by atoms with Crippen molar-refractivity contribution in [2.75, 3.05) is 0 Å². The van der Waals surface area contributed by atoms with Crippen LogP contribution in [0.15, 0.2) is 72.6 Å². The van der Waals surface area contributed by atoms with Gasteiger partial charge in [0.2, 0.25) is 0 Å². The lowest BCUT2D eigenvalue weighted by Gasteiger charge is -2.32. The van der Waals surface area contributed by atoms with Gasteiger partial charge in [-0.1, -0.05) is 73.1 Å². The molecular weight excluding hydrogens is 319 g/mol. The van der Waals surface area contributed by atoms with Gasteiger partial charge in [-0.25, -0.2) is 4.39 Å². The third-order valence-corrected chi connectivity index (χ3v) is 5.27. The lowest BCUT2D eigenvalue weighted by molar-refractivity contribution is 0.306. The molecule has 0 saturated heterocycles. The predicted octanol–water partition coefficient (Wildman–Crippen LogP) is 7.01. The maximum atomic E-state index is 14.8. The molecule has 0 aliphatic heterocycles. The van der Waals surface area contributed by atoms with Crippen LogP contribution in [0.25, 0.3) is 5.57 Å². The molecule has 1 aliphatic rings. The van der Waals surface area contributed by atoms with Crippen molar-refractivity contribution in [1.29, 1.82) is 0 Å². The van der Waals surface area contributed by atoms with Crippen LogP contribution in [0.1, 0.15) is 37.3 Å². The molecule has 0 saturated carbocycles. The number of benzene rings is 2. The van der Waals surface area contributed by atoms with E-state index in [0.717, 1.165) is 35.4 Å². The molecule has 3 rings (SSSR count). The van der Waals surface area contributed by atoms with Gasteiger partial charge < -0.3 is 0 Å². The Morgan fingerprint density at radius 3 is 2.38 bits per heavy atom. The molecule has 0 N–H and O–H groups in total. The number of hydrogen-bond donors (Lipinski definition) is 0. The zero-order valence-corrected chi connectivity index (χ0v) is 14.7. The second kappa shape index (κ2) is 7.36. The smallest absolute Gasteiger partial charge is 0.109 e. The minimum absolute atomic E-state index is 0.00153. The molecule has 2 aromatic carbocycles. The van der Waals surface area contributed by atoms with E-state index in [1.807, 2.05) is 48.5 Å². The molecule has 0 bridgehead atoms. The van der Waals surface area contributed by atoms with E-state index in [4.69, 9.17) is 11.6 Å². The first-order valence-electron chi connectivity index (χ1n) is 8.50. The lowest BCUT2D eigenvalue weighted by Crippen LogP contribution is -2.21. The fourth-order valence-electron chi connectivity index (χ4n) is 3.32. The van der Waals surface area contributed by atoms with Crippen molar-refractivity contribution in [2.24, 2.45) is 5.41 Å². The predicted molar refractivity (Wildman–Crippen MR) is 101 cm³/mol. The monoisotopic (exact) mass is 340 g/mol. The summed E-state index contributed by atoms with van der Waals surface area (Å²) >= 11 is 5.94.